The van der Waals surface area contributed by atoms with Crippen molar-refractivity contribution in [1.82, 2.24) is 5.32 Å². The molecule has 1 aromatic rings. The number of hydrogen-bond acceptors (Lipinski definition) is 2. The fourth-order valence-electron chi connectivity index (χ4n) is 1.84. The largest absolute Gasteiger partial charge is 0.385 e. The summed E-state index contributed by atoms with van der Waals surface area (Å²) in [6.07, 6.45) is 2.47. The molecule has 0 aliphatic rings. The highest BCUT2D eigenvalue weighted by Crippen LogP contribution is 2.12. The monoisotopic (exact) mass is 243 g/mol. The Hall–Kier alpha value is -1.00. The quantitative estimate of drug-likeness (QED) is 0.743. The molecule has 0 aliphatic carbocycles. The van der Waals surface area contributed by atoms with Crippen molar-refractivity contribution in [3.05, 3.63) is 35.4 Å². The van der Waals surface area contributed by atoms with E-state index in [0.29, 0.717) is 18.6 Å². The third kappa shape index (κ3) is 5.24. The summed E-state index contributed by atoms with van der Waals surface area (Å²) in [5.41, 5.74) is 0.680. The molecule has 1 N–H and O–H groups in total. The molecule has 0 bridgehead atoms. The highest BCUT2D eigenvalue weighted by atomic mass is 19.1. The first-order chi connectivity index (χ1) is 8.15. The van der Waals surface area contributed by atoms with Crippen LogP contribution in [0.25, 0.3) is 0 Å². The molecule has 0 aliphatic heterocycles. The van der Waals surface area contributed by atoms with Crippen LogP contribution in [0.4, 0.5) is 8.78 Å². The summed E-state index contributed by atoms with van der Waals surface area (Å²) in [4.78, 5) is 0. The molecule has 0 aromatic heterocycles. The second-order valence-corrected chi connectivity index (χ2v) is 4.10. The summed E-state index contributed by atoms with van der Waals surface area (Å²) in [7, 11) is 3.52. The summed E-state index contributed by atoms with van der Waals surface area (Å²) in [6.45, 7) is 0.704. The Bertz CT molecular complexity index is 324. The summed E-state index contributed by atoms with van der Waals surface area (Å²) in [6, 6.07) is 3.86. The van der Waals surface area contributed by atoms with Gasteiger partial charge in [-0.25, -0.2) is 8.78 Å². The van der Waals surface area contributed by atoms with Crippen LogP contribution in [-0.4, -0.2) is 26.8 Å². The minimum Gasteiger partial charge on any atom is -0.385 e. The van der Waals surface area contributed by atoms with E-state index in [9.17, 15) is 8.78 Å². The van der Waals surface area contributed by atoms with Gasteiger partial charge in [-0.15, -0.1) is 0 Å². The van der Waals surface area contributed by atoms with Gasteiger partial charge in [0.2, 0.25) is 0 Å². The fraction of sp³-hybridized carbons (Fsp3) is 0.538. The smallest absolute Gasteiger partial charge is 0.126 e. The van der Waals surface area contributed by atoms with Crippen molar-refractivity contribution in [3.8, 4) is 0 Å². The molecule has 0 amide bonds. The van der Waals surface area contributed by atoms with Gasteiger partial charge < -0.3 is 10.1 Å². The van der Waals surface area contributed by atoms with Crippen LogP contribution in [0.2, 0.25) is 0 Å². The third-order valence-corrected chi connectivity index (χ3v) is 2.71. The Morgan fingerprint density at radius 2 is 1.88 bits per heavy atom. The summed E-state index contributed by atoms with van der Waals surface area (Å²) < 4.78 is 31.0. The van der Waals surface area contributed by atoms with Crippen molar-refractivity contribution in [2.75, 3.05) is 20.8 Å². The molecule has 96 valence electrons. The fourth-order valence-corrected chi connectivity index (χ4v) is 1.84. The van der Waals surface area contributed by atoms with Crippen molar-refractivity contribution >= 4 is 0 Å². The molecule has 0 fully saturated rings. The van der Waals surface area contributed by atoms with E-state index in [4.69, 9.17) is 4.74 Å². The van der Waals surface area contributed by atoms with Crippen molar-refractivity contribution in [3.63, 3.8) is 0 Å². The maximum absolute atomic E-state index is 13.0. The lowest BCUT2D eigenvalue weighted by Gasteiger charge is -2.16. The highest BCUT2D eigenvalue weighted by molar-refractivity contribution is 5.18. The molecule has 1 atom stereocenters. The Morgan fingerprint density at radius 1 is 1.24 bits per heavy atom. The van der Waals surface area contributed by atoms with Gasteiger partial charge in [0.25, 0.3) is 0 Å². The highest BCUT2D eigenvalue weighted by Gasteiger charge is 2.09. The predicted octanol–water partition coefficient (Wildman–Crippen LogP) is 2.52. The second kappa shape index (κ2) is 7.35. The number of methoxy groups -OCH3 is 1. The van der Waals surface area contributed by atoms with Crippen LogP contribution in [0.5, 0.6) is 0 Å². The van der Waals surface area contributed by atoms with Gasteiger partial charge in [0.1, 0.15) is 11.6 Å². The van der Waals surface area contributed by atoms with Crippen molar-refractivity contribution in [2.24, 2.45) is 0 Å². The first kappa shape index (κ1) is 14.1. The molecule has 1 unspecified atom stereocenters. The van der Waals surface area contributed by atoms with E-state index in [-0.39, 0.29) is 6.04 Å². The van der Waals surface area contributed by atoms with Crippen LogP contribution < -0.4 is 5.32 Å². The lowest BCUT2D eigenvalue weighted by atomic mass is 10.0. The average Bonchev–Trinajstić information content (AvgIpc) is 2.26. The number of nitrogens with one attached hydrogen (secondary N) is 1. The molecule has 0 saturated heterocycles. The predicted molar refractivity (Wildman–Crippen MR) is 64.0 cm³/mol. The number of halogens is 2. The average molecular weight is 243 g/mol. The molecular formula is C13H19F2NO. The summed E-state index contributed by atoms with van der Waals surface area (Å²) in [5, 5.41) is 3.15. The van der Waals surface area contributed by atoms with Crippen LogP contribution in [0.15, 0.2) is 18.2 Å². The molecule has 0 heterocycles. The standard InChI is InChI=1S/C13H19F2NO/c1-16-13(4-3-5-17-2)8-10-6-11(14)9-12(15)7-10/h6-7,9,13,16H,3-5,8H2,1-2H3. The lowest BCUT2D eigenvalue weighted by Crippen LogP contribution is -2.28. The molecule has 1 rings (SSSR count). The van der Waals surface area contributed by atoms with Gasteiger partial charge in [0.05, 0.1) is 0 Å². The van der Waals surface area contributed by atoms with Gasteiger partial charge >= 0.3 is 0 Å². The number of likely N-dealkylation sites (N-methyl/N-ethyl adjacent to an activating group) is 1. The molecule has 0 saturated carbocycles. The zero-order chi connectivity index (χ0) is 12.7. The van der Waals surface area contributed by atoms with E-state index >= 15 is 0 Å². The summed E-state index contributed by atoms with van der Waals surface area (Å²) in [5.74, 6) is -1.04. The maximum Gasteiger partial charge on any atom is 0.126 e. The summed E-state index contributed by atoms with van der Waals surface area (Å²) >= 11 is 0. The van der Waals surface area contributed by atoms with Crippen LogP contribution in [-0.2, 0) is 11.2 Å². The zero-order valence-electron chi connectivity index (χ0n) is 10.3. The first-order valence-electron chi connectivity index (χ1n) is 5.77. The van der Waals surface area contributed by atoms with E-state index in [2.05, 4.69) is 5.32 Å². The Morgan fingerprint density at radius 3 is 2.41 bits per heavy atom. The number of rotatable bonds is 7. The molecule has 0 radical (unpaired) electrons. The van der Waals surface area contributed by atoms with E-state index < -0.39 is 11.6 Å². The van der Waals surface area contributed by atoms with E-state index in [0.717, 1.165) is 18.9 Å². The van der Waals surface area contributed by atoms with Crippen LogP contribution in [0.1, 0.15) is 18.4 Å². The minimum absolute atomic E-state index is 0.214. The van der Waals surface area contributed by atoms with Gasteiger partial charge in [-0.1, -0.05) is 0 Å². The number of ether oxygens (including phenoxy) is 1. The van der Waals surface area contributed by atoms with E-state index in [1.807, 2.05) is 7.05 Å². The zero-order valence-corrected chi connectivity index (χ0v) is 10.3. The Balaban J connectivity index is 2.54. The van der Waals surface area contributed by atoms with Gasteiger partial charge in [-0.05, 0) is 44.0 Å². The topological polar surface area (TPSA) is 21.3 Å². The minimum atomic E-state index is -0.522. The van der Waals surface area contributed by atoms with Gasteiger partial charge in [-0.2, -0.15) is 0 Å². The molecule has 1 aromatic carbocycles. The maximum atomic E-state index is 13.0. The van der Waals surface area contributed by atoms with Crippen molar-refractivity contribution in [1.29, 1.82) is 0 Å². The Kier molecular flexibility index (Phi) is 6.08. The lowest BCUT2D eigenvalue weighted by molar-refractivity contribution is 0.189. The van der Waals surface area contributed by atoms with E-state index in [1.54, 1.807) is 7.11 Å². The number of benzene rings is 1. The molecule has 0 spiro atoms. The Labute approximate surface area is 101 Å². The normalized spacial score (nSPS) is 12.7. The van der Waals surface area contributed by atoms with Gasteiger partial charge in [0, 0.05) is 25.8 Å². The van der Waals surface area contributed by atoms with Crippen LogP contribution in [0.3, 0.4) is 0 Å². The molecule has 17 heavy (non-hydrogen) atoms. The van der Waals surface area contributed by atoms with Crippen molar-refractivity contribution < 1.29 is 13.5 Å². The third-order valence-electron chi connectivity index (χ3n) is 2.71. The van der Waals surface area contributed by atoms with Crippen LogP contribution in [0, 0.1) is 11.6 Å². The molecular weight excluding hydrogens is 224 g/mol. The van der Waals surface area contributed by atoms with Gasteiger partial charge in [0.15, 0.2) is 0 Å². The van der Waals surface area contributed by atoms with E-state index in [1.165, 1.54) is 12.1 Å². The van der Waals surface area contributed by atoms with Crippen molar-refractivity contribution in [2.45, 2.75) is 25.3 Å². The molecule has 2 nitrogen and oxygen atoms in total. The first-order valence-corrected chi connectivity index (χ1v) is 5.77. The number of hydrogen-bond donors (Lipinski definition) is 1. The van der Waals surface area contributed by atoms with Crippen LogP contribution >= 0.6 is 0 Å². The molecule has 4 heteroatoms. The SMILES string of the molecule is CNC(CCCOC)Cc1cc(F)cc(F)c1. The van der Waals surface area contributed by atoms with Gasteiger partial charge in [-0.3, -0.25) is 0 Å². The second-order valence-electron chi connectivity index (χ2n) is 4.10.